The van der Waals surface area contributed by atoms with E-state index >= 15 is 0 Å². The van der Waals surface area contributed by atoms with Crippen molar-refractivity contribution >= 4 is 51.1 Å². The van der Waals surface area contributed by atoms with E-state index < -0.39 is 0 Å². The molecular formula is C23H22N4O3S2. The van der Waals surface area contributed by atoms with E-state index in [2.05, 4.69) is 14.9 Å². The van der Waals surface area contributed by atoms with Crippen LogP contribution in [-0.4, -0.2) is 38.8 Å². The highest BCUT2D eigenvalue weighted by Crippen LogP contribution is 2.28. The Morgan fingerprint density at radius 1 is 1.09 bits per heavy atom. The quantitative estimate of drug-likeness (QED) is 0.301. The number of amides is 1. The van der Waals surface area contributed by atoms with E-state index in [9.17, 15) is 9.59 Å². The number of esters is 1. The molecule has 2 aromatic heterocycles. The highest BCUT2D eigenvalue weighted by Gasteiger charge is 2.17. The molecule has 2 heterocycles. The van der Waals surface area contributed by atoms with Crippen LogP contribution in [0.2, 0.25) is 0 Å². The summed E-state index contributed by atoms with van der Waals surface area (Å²) in [5, 5.41) is 4.05. The number of thiazole rings is 1. The van der Waals surface area contributed by atoms with Gasteiger partial charge in [0.15, 0.2) is 10.3 Å². The number of thioether (sulfide) groups is 1. The van der Waals surface area contributed by atoms with Gasteiger partial charge < -0.3 is 10.1 Å². The average molecular weight is 467 g/mol. The number of ether oxygens (including phenoxy) is 1. The van der Waals surface area contributed by atoms with Crippen LogP contribution in [0.1, 0.15) is 17.5 Å². The van der Waals surface area contributed by atoms with Gasteiger partial charge in [-0.2, -0.15) is 0 Å². The first kappa shape index (κ1) is 22.0. The molecule has 9 heteroatoms. The molecule has 0 saturated carbocycles. The number of fused-ring (bicyclic) bond motifs is 1. The molecular weight excluding hydrogens is 444 g/mol. The predicted molar refractivity (Wildman–Crippen MR) is 128 cm³/mol. The SMILES string of the molecule is CCOC(=O)Cc1sc(NC(=O)CSc2nc3ccccc3n2-c2ccccc2)nc1C. The fraction of sp³-hybridized carbons (Fsp3) is 0.217. The topological polar surface area (TPSA) is 86.1 Å². The first-order valence-corrected chi connectivity index (χ1v) is 11.9. The lowest BCUT2D eigenvalue weighted by atomic mass is 10.3. The second-order valence-corrected chi connectivity index (χ2v) is 8.93. The fourth-order valence-corrected chi connectivity index (χ4v) is 4.99. The van der Waals surface area contributed by atoms with E-state index in [1.165, 1.54) is 23.1 Å². The van der Waals surface area contributed by atoms with Crippen molar-refractivity contribution in [3.63, 3.8) is 0 Å². The zero-order valence-electron chi connectivity index (χ0n) is 17.7. The summed E-state index contributed by atoms with van der Waals surface area (Å²) in [6, 6.07) is 17.9. The highest BCUT2D eigenvalue weighted by atomic mass is 32.2. The van der Waals surface area contributed by atoms with Crippen LogP contribution in [0, 0.1) is 6.92 Å². The van der Waals surface area contributed by atoms with E-state index in [4.69, 9.17) is 9.72 Å². The van der Waals surface area contributed by atoms with Crippen molar-refractivity contribution in [1.29, 1.82) is 0 Å². The minimum atomic E-state index is -0.299. The summed E-state index contributed by atoms with van der Waals surface area (Å²) >= 11 is 2.66. The Labute approximate surface area is 193 Å². The molecule has 1 N–H and O–H groups in total. The van der Waals surface area contributed by atoms with Crippen molar-refractivity contribution in [2.24, 2.45) is 0 Å². The Morgan fingerprint density at radius 2 is 1.84 bits per heavy atom. The Morgan fingerprint density at radius 3 is 2.62 bits per heavy atom. The predicted octanol–water partition coefficient (Wildman–Crippen LogP) is 4.63. The summed E-state index contributed by atoms with van der Waals surface area (Å²) in [5.41, 5.74) is 3.57. The van der Waals surface area contributed by atoms with Crippen LogP contribution < -0.4 is 5.32 Å². The second kappa shape index (κ2) is 9.97. The molecule has 0 aliphatic heterocycles. The number of nitrogens with zero attached hydrogens (tertiary/aromatic N) is 3. The maximum absolute atomic E-state index is 12.6. The molecule has 0 aliphatic rings. The standard InChI is InChI=1S/C23H22N4O3S2/c1-3-30-21(29)13-19-15(2)24-22(32-19)26-20(28)14-31-23-25-17-11-7-8-12-18(17)27(23)16-9-5-4-6-10-16/h4-12H,3,13-14H2,1-2H3,(H,24,26,28). The second-order valence-electron chi connectivity index (χ2n) is 6.90. The molecule has 0 aliphatic carbocycles. The third-order valence-electron chi connectivity index (χ3n) is 4.63. The highest BCUT2D eigenvalue weighted by molar-refractivity contribution is 7.99. The van der Waals surface area contributed by atoms with Gasteiger partial charge in [-0.1, -0.05) is 42.1 Å². The first-order valence-electron chi connectivity index (χ1n) is 10.1. The summed E-state index contributed by atoms with van der Waals surface area (Å²) in [6.07, 6.45) is 0.156. The Kier molecular flexibility index (Phi) is 6.87. The van der Waals surface area contributed by atoms with Gasteiger partial charge in [0.1, 0.15) is 0 Å². The summed E-state index contributed by atoms with van der Waals surface area (Å²) < 4.78 is 7.05. The normalized spacial score (nSPS) is 10.9. The lowest BCUT2D eigenvalue weighted by Gasteiger charge is -2.08. The number of nitrogens with one attached hydrogen (secondary N) is 1. The number of carbonyl (C=O) groups excluding carboxylic acids is 2. The molecule has 0 spiro atoms. The number of aryl methyl sites for hydroxylation is 1. The summed E-state index contributed by atoms with van der Waals surface area (Å²) in [5.74, 6) is -0.298. The zero-order chi connectivity index (χ0) is 22.5. The van der Waals surface area contributed by atoms with Crippen molar-refractivity contribution in [3.05, 3.63) is 65.2 Å². The maximum Gasteiger partial charge on any atom is 0.311 e. The fourth-order valence-electron chi connectivity index (χ4n) is 3.20. The molecule has 32 heavy (non-hydrogen) atoms. The third-order valence-corrected chi connectivity index (χ3v) is 6.64. The van der Waals surface area contributed by atoms with Gasteiger partial charge in [-0.25, -0.2) is 9.97 Å². The number of para-hydroxylation sites is 3. The number of hydrogen-bond donors (Lipinski definition) is 1. The van der Waals surface area contributed by atoms with Crippen molar-refractivity contribution in [2.45, 2.75) is 25.4 Å². The molecule has 0 bridgehead atoms. The van der Waals surface area contributed by atoms with Gasteiger partial charge in [-0.3, -0.25) is 14.2 Å². The minimum Gasteiger partial charge on any atom is -0.466 e. The molecule has 2 aromatic carbocycles. The number of imidazole rings is 1. The number of aromatic nitrogens is 3. The number of carbonyl (C=O) groups is 2. The van der Waals surface area contributed by atoms with Crippen LogP contribution in [0.5, 0.6) is 0 Å². The van der Waals surface area contributed by atoms with Gasteiger partial charge in [0.25, 0.3) is 0 Å². The maximum atomic E-state index is 12.6. The Hall–Kier alpha value is -3.17. The molecule has 4 rings (SSSR count). The van der Waals surface area contributed by atoms with Crippen molar-refractivity contribution in [2.75, 3.05) is 17.7 Å². The monoisotopic (exact) mass is 466 g/mol. The molecule has 0 atom stereocenters. The van der Waals surface area contributed by atoms with Gasteiger partial charge in [-0.05, 0) is 38.1 Å². The summed E-state index contributed by atoms with van der Waals surface area (Å²) in [6.45, 7) is 3.93. The molecule has 7 nitrogen and oxygen atoms in total. The van der Waals surface area contributed by atoms with E-state index in [0.717, 1.165) is 32.4 Å². The summed E-state index contributed by atoms with van der Waals surface area (Å²) in [7, 11) is 0. The number of anilines is 1. The van der Waals surface area contributed by atoms with Crippen LogP contribution in [0.15, 0.2) is 59.8 Å². The number of rotatable bonds is 8. The largest absolute Gasteiger partial charge is 0.466 e. The lowest BCUT2D eigenvalue weighted by molar-refractivity contribution is -0.142. The van der Waals surface area contributed by atoms with E-state index in [1.807, 2.05) is 61.5 Å². The Bertz CT molecular complexity index is 1250. The minimum absolute atomic E-state index is 0.156. The molecule has 1 amide bonds. The van der Waals surface area contributed by atoms with E-state index in [-0.39, 0.29) is 24.1 Å². The first-order chi connectivity index (χ1) is 15.5. The van der Waals surface area contributed by atoms with Crippen molar-refractivity contribution < 1.29 is 14.3 Å². The third kappa shape index (κ3) is 5.00. The van der Waals surface area contributed by atoms with Gasteiger partial charge in [-0.15, -0.1) is 11.3 Å². The van der Waals surface area contributed by atoms with Crippen molar-refractivity contribution in [3.8, 4) is 5.69 Å². The van der Waals surface area contributed by atoms with Gasteiger partial charge in [0.05, 0.1) is 35.5 Å². The van der Waals surface area contributed by atoms with Crippen LogP contribution in [0.3, 0.4) is 0 Å². The molecule has 164 valence electrons. The molecule has 4 aromatic rings. The summed E-state index contributed by atoms with van der Waals surface area (Å²) in [4.78, 5) is 34.2. The molecule has 0 fully saturated rings. The average Bonchev–Trinajstić information content (AvgIpc) is 3.32. The van der Waals surface area contributed by atoms with Gasteiger partial charge in [0, 0.05) is 10.6 Å². The smallest absolute Gasteiger partial charge is 0.311 e. The molecule has 0 radical (unpaired) electrons. The number of benzene rings is 2. The number of hydrogen-bond acceptors (Lipinski definition) is 7. The van der Waals surface area contributed by atoms with E-state index in [0.29, 0.717) is 11.7 Å². The van der Waals surface area contributed by atoms with Crippen LogP contribution in [0.25, 0.3) is 16.7 Å². The Balaban J connectivity index is 1.47. The molecule has 0 unspecified atom stereocenters. The molecule has 0 saturated heterocycles. The van der Waals surface area contributed by atoms with Crippen LogP contribution >= 0.6 is 23.1 Å². The van der Waals surface area contributed by atoms with E-state index in [1.54, 1.807) is 6.92 Å². The van der Waals surface area contributed by atoms with Gasteiger partial charge in [0.2, 0.25) is 5.91 Å². The van der Waals surface area contributed by atoms with Crippen molar-refractivity contribution in [1.82, 2.24) is 14.5 Å². The lowest BCUT2D eigenvalue weighted by Crippen LogP contribution is -2.14. The van der Waals surface area contributed by atoms with Crippen LogP contribution in [0.4, 0.5) is 5.13 Å². The zero-order valence-corrected chi connectivity index (χ0v) is 19.3. The van der Waals surface area contributed by atoms with Gasteiger partial charge >= 0.3 is 5.97 Å². The van der Waals surface area contributed by atoms with Crippen LogP contribution in [-0.2, 0) is 20.7 Å².